The maximum atomic E-state index is 12.9. The topological polar surface area (TPSA) is 124 Å². The Morgan fingerprint density at radius 2 is 1.94 bits per heavy atom. The molecule has 9 nitrogen and oxygen atoms in total. The van der Waals surface area contributed by atoms with Crippen LogP contribution < -0.4 is 14.8 Å². The molecule has 1 fully saturated rings. The Morgan fingerprint density at radius 1 is 1.21 bits per heavy atom. The Kier molecular flexibility index (Phi) is 7.17. The number of hydrogen-bond acceptors (Lipinski definition) is 9. The van der Waals surface area contributed by atoms with E-state index >= 15 is 0 Å². The number of benzene rings is 2. The molecule has 34 heavy (non-hydrogen) atoms. The van der Waals surface area contributed by atoms with E-state index < -0.39 is 21.8 Å². The van der Waals surface area contributed by atoms with Crippen molar-refractivity contribution in [1.82, 2.24) is 4.98 Å². The molecule has 2 N–H and O–H groups in total. The maximum Gasteiger partial charge on any atom is 0.257 e. The molecule has 2 atom stereocenters. The summed E-state index contributed by atoms with van der Waals surface area (Å²) < 4.78 is 40.6. The van der Waals surface area contributed by atoms with E-state index in [9.17, 15) is 18.3 Å². The van der Waals surface area contributed by atoms with Gasteiger partial charge in [-0.15, -0.1) is 11.3 Å². The number of carbonyl (C=O) groups is 1. The SMILES string of the molecule is CC(O)c1csc(NC(=O)c2cc(Oc3ccc(S(C)(=O)=O)cc3)cc(O[C@H]3CCOC3)c2)n1. The van der Waals surface area contributed by atoms with E-state index in [4.69, 9.17) is 14.2 Å². The fraction of sp³-hybridized carbons (Fsp3) is 0.304. The number of anilines is 1. The number of nitrogens with one attached hydrogen (secondary N) is 1. The summed E-state index contributed by atoms with van der Waals surface area (Å²) in [6.07, 6.45) is 1.00. The van der Waals surface area contributed by atoms with Gasteiger partial charge in [0.2, 0.25) is 0 Å². The van der Waals surface area contributed by atoms with Crippen molar-refractivity contribution in [3.05, 3.63) is 59.1 Å². The van der Waals surface area contributed by atoms with Crippen LogP contribution in [0.25, 0.3) is 0 Å². The Labute approximate surface area is 201 Å². The third-order valence-electron chi connectivity index (χ3n) is 4.99. The van der Waals surface area contributed by atoms with Gasteiger partial charge in [-0.05, 0) is 43.3 Å². The van der Waals surface area contributed by atoms with Crippen LogP contribution in [0.2, 0.25) is 0 Å². The van der Waals surface area contributed by atoms with E-state index in [0.717, 1.165) is 12.7 Å². The number of amides is 1. The second-order valence-electron chi connectivity index (χ2n) is 7.85. The summed E-state index contributed by atoms with van der Waals surface area (Å²) >= 11 is 1.21. The number of aliphatic hydroxyl groups excluding tert-OH is 1. The standard InChI is InChI=1S/C23H24N2O7S2/c1-14(26)21-13-33-23(24-21)25-22(27)15-9-18(11-19(10-15)32-17-7-8-30-12-17)31-16-3-5-20(6-4-16)34(2,28)29/h3-6,9-11,13-14,17,26H,7-8,12H2,1-2H3,(H,24,25,27)/t14?,17-/m0/s1. The van der Waals surface area contributed by atoms with Gasteiger partial charge in [0.05, 0.1) is 29.9 Å². The first-order valence-electron chi connectivity index (χ1n) is 10.5. The van der Waals surface area contributed by atoms with Gasteiger partial charge in [-0.25, -0.2) is 13.4 Å². The van der Waals surface area contributed by atoms with Crippen LogP contribution in [-0.2, 0) is 14.6 Å². The Balaban J connectivity index is 1.58. The van der Waals surface area contributed by atoms with Gasteiger partial charge in [-0.2, -0.15) is 0 Å². The summed E-state index contributed by atoms with van der Waals surface area (Å²) in [7, 11) is -3.32. The minimum absolute atomic E-state index is 0.132. The lowest BCUT2D eigenvalue weighted by molar-refractivity contribution is 0.102. The average Bonchev–Trinajstić information content (AvgIpc) is 3.45. The van der Waals surface area contributed by atoms with Gasteiger partial charge in [0.1, 0.15) is 23.4 Å². The number of thiazole rings is 1. The van der Waals surface area contributed by atoms with Gasteiger partial charge in [0.15, 0.2) is 15.0 Å². The predicted molar refractivity (Wildman–Crippen MR) is 127 cm³/mol. The molecule has 1 aliphatic heterocycles. The van der Waals surface area contributed by atoms with Crippen molar-refractivity contribution in [2.24, 2.45) is 0 Å². The molecule has 0 spiro atoms. The summed E-state index contributed by atoms with van der Waals surface area (Å²) in [5, 5.41) is 14.4. The van der Waals surface area contributed by atoms with Crippen LogP contribution in [-0.4, -0.2) is 50.0 Å². The van der Waals surface area contributed by atoms with Crippen molar-refractivity contribution in [3.8, 4) is 17.2 Å². The quantitative estimate of drug-likeness (QED) is 0.475. The first-order valence-corrected chi connectivity index (χ1v) is 13.3. The fourth-order valence-electron chi connectivity index (χ4n) is 3.22. The van der Waals surface area contributed by atoms with Gasteiger partial charge < -0.3 is 19.3 Å². The van der Waals surface area contributed by atoms with Crippen molar-refractivity contribution >= 4 is 32.2 Å². The molecule has 4 rings (SSSR count). The highest BCUT2D eigenvalue weighted by Crippen LogP contribution is 2.30. The van der Waals surface area contributed by atoms with E-state index in [-0.39, 0.29) is 16.6 Å². The minimum atomic E-state index is -3.32. The zero-order valence-electron chi connectivity index (χ0n) is 18.6. The summed E-state index contributed by atoms with van der Waals surface area (Å²) in [5.74, 6) is 0.769. The molecule has 1 saturated heterocycles. The fourth-order valence-corrected chi connectivity index (χ4v) is 4.65. The second-order valence-corrected chi connectivity index (χ2v) is 10.7. The van der Waals surface area contributed by atoms with Gasteiger partial charge >= 0.3 is 0 Å². The Bertz CT molecular complexity index is 1260. The molecule has 0 aliphatic carbocycles. The van der Waals surface area contributed by atoms with Crippen LogP contribution in [0.5, 0.6) is 17.2 Å². The zero-order valence-corrected chi connectivity index (χ0v) is 20.2. The minimum Gasteiger partial charge on any atom is -0.488 e. The lowest BCUT2D eigenvalue weighted by atomic mass is 10.2. The number of carbonyl (C=O) groups excluding carboxylic acids is 1. The number of rotatable bonds is 8. The predicted octanol–water partition coefficient (Wildman–Crippen LogP) is 3.81. The Morgan fingerprint density at radius 3 is 2.56 bits per heavy atom. The molecular formula is C23H24N2O7S2. The van der Waals surface area contributed by atoms with Crippen molar-refractivity contribution in [1.29, 1.82) is 0 Å². The normalized spacial score (nSPS) is 16.7. The summed E-state index contributed by atoms with van der Waals surface area (Å²) in [5.41, 5.74) is 0.758. The van der Waals surface area contributed by atoms with Crippen LogP contribution in [0.3, 0.4) is 0 Å². The maximum absolute atomic E-state index is 12.9. The number of ether oxygens (including phenoxy) is 3. The van der Waals surface area contributed by atoms with Crippen LogP contribution in [0.1, 0.15) is 35.5 Å². The molecule has 2 aromatic carbocycles. The lowest BCUT2D eigenvalue weighted by Gasteiger charge is -2.15. The van der Waals surface area contributed by atoms with Gasteiger partial charge in [-0.1, -0.05) is 0 Å². The molecule has 1 aromatic heterocycles. The molecule has 11 heteroatoms. The lowest BCUT2D eigenvalue weighted by Crippen LogP contribution is -2.17. The first kappa shape index (κ1) is 24.1. The smallest absolute Gasteiger partial charge is 0.257 e. The van der Waals surface area contributed by atoms with E-state index in [2.05, 4.69) is 10.3 Å². The van der Waals surface area contributed by atoms with Crippen LogP contribution in [0.15, 0.2) is 52.7 Å². The summed E-state index contributed by atoms with van der Waals surface area (Å²) in [4.78, 5) is 17.3. The number of aromatic nitrogens is 1. The zero-order chi connectivity index (χ0) is 24.3. The van der Waals surface area contributed by atoms with E-state index in [0.29, 0.717) is 41.3 Å². The van der Waals surface area contributed by atoms with Gasteiger partial charge in [0.25, 0.3) is 5.91 Å². The molecule has 1 amide bonds. The van der Waals surface area contributed by atoms with Crippen LogP contribution in [0.4, 0.5) is 5.13 Å². The highest BCUT2D eigenvalue weighted by Gasteiger charge is 2.20. The molecule has 0 bridgehead atoms. The highest BCUT2D eigenvalue weighted by molar-refractivity contribution is 7.90. The third kappa shape index (κ3) is 6.11. The summed E-state index contributed by atoms with van der Waals surface area (Å²) in [6, 6.07) is 10.8. The molecule has 2 heterocycles. The van der Waals surface area contributed by atoms with E-state index in [1.807, 2.05) is 0 Å². The van der Waals surface area contributed by atoms with Crippen molar-refractivity contribution in [3.63, 3.8) is 0 Å². The largest absolute Gasteiger partial charge is 0.488 e. The van der Waals surface area contributed by atoms with Crippen molar-refractivity contribution < 1.29 is 32.5 Å². The first-order chi connectivity index (χ1) is 16.2. The van der Waals surface area contributed by atoms with Crippen LogP contribution in [0, 0.1) is 0 Å². The number of sulfone groups is 1. The molecule has 1 unspecified atom stereocenters. The van der Waals surface area contributed by atoms with E-state index in [1.165, 1.54) is 23.5 Å². The number of aliphatic hydroxyl groups is 1. The van der Waals surface area contributed by atoms with E-state index in [1.54, 1.807) is 42.6 Å². The molecule has 3 aromatic rings. The van der Waals surface area contributed by atoms with Gasteiger partial charge in [-0.3, -0.25) is 10.1 Å². The molecule has 0 saturated carbocycles. The summed E-state index contributed by atoms with van der Waals surface area (Å²) in [6.45, 7) is 2.66. The van der Waals surface area contributed by atoms with Crippen LogP contribution >= 0.6 is 11.3 Å². The van der Waals surface area contributed by atoms with Crippen molar-refractivity contribution in [2.45, 2.75) is 30.4 Å². The molecular weight excluding hydrogens is 480 g/mol. The van der Waals surface area contributed by atoms with Gasteiger partial charge in [0, 0.05) is 29.7 Å². The molecule has 180 valence electrons. The number of hydrogen-bond donors (Lipinski definition) is 2. The molecule has 1 aliphatic rings. The van der Waals surface area contributed by atoms with Crippen molar-refractivity contribution in [2.75, 3.05) is 24.8 Å². The monoisotopic (exact) mass is 504 g/mol. The second kappa shape index (κ2) is 10.1. The highest BCUT2D eigenvalue weighted by atomic mass is 32.2. The third-order valence-corrected chi connectivity index (χ3v) is 6.90. The molecule has 0 radical (unpaired) electrons. The average molecular weight is 505 g/mol. The number of nitrogens with zero attached hydrogens (tertiary/aromatic N) is 1. The Hall–Kier alpha value is -2.99.